The van der Waals surface area contributed by atoms with Crippen LogP contribution in [0, 0.1) is 0 Å². The average molecular weight is 368 g/mol. The number of nitrogens with one attached hydrogen (secondary N) is 1. The molecule has 1 N–H and O–H groups in total. The van der Waals surface area contributed by atoms with E-state index in [2.05, 4.69) is 5.32 Å². The zero-order chi connectivity index (χ0) is 19.8. The van der Waals surface area contributed by atoms with E-state index in [0.29, 0.717) is 11.4 Å². The molecule has 0 saturated carbocycles. The zero-order valence-electron chi connectivity index (χ0n) is 16.5. The van der Waals surface area contributed by atoms with Crippen molar-refractivity contribution in [2.45, 2.75) is 46.6 Å². The minimum atomic E-state index is -0.128. The van der Waals surface area contributed by atoms with Crippen molar-refractivity contribution in [2.75, 3.05) is 16.8 Å². The van der Waals surface area contributed by atoms with Crippen molar-refractivity contribution in [3.05, 3.63) is 54.1 Å². The summed E-state index contributed by atoms with van der Waals surface area (Å²) in [5, 5.41) is 2.95. The van der Waals surface area contributed by atoms with Crippen LogP contribution in [-0.2, 0) is 16.0 Å². The smallest absolute Gasteiger partial charge is 0.226 e. The third kappa shape index (κ3) is 5.84. The van der Waals surface area contributed by atoms with Crippen LogP contribution in [-0.4, -0.2) is 24.5 Å². The van der Waals surface area contributed by atoms with Gasteiger partial charge < -0.3 is 15.0 Å². The summed E-state index contributed by atoms with van der Waals surface area (Å²) in [6, 6.07) is 15.1. The molecular weight excluding hydrogens is 340 g/mol. The minimum Gasteiger partial charge on any atom is -0.489 e. The Labute approximate surface area is 161 Å². The molecule has 0 aliphatic rings. The Morgan fingerprint density at radius 2 is 1.74 bits per heavy atom. The molecule has 0 bridgehead atoms. The second-order valence-electron chi connectivity index (χ2n) is 6.61. The van der Waals surface area contributed by atoms with E-state index in [4.69, 9.17) is 4.74 Å². The first-order valence-corrected chi connectivity index (χ1v) is 9.34. The van der Waals surface area contributed by atoms with E-state index in [9.17, 15) is 9.59 Å². The van der Waals surface area contributed by atoms with Gasteiger partial charge in [0, 0.05) is 25.6 Å². The molecule has 0 fully saturated rings. The third-order valence-corrected chi connectivity index (χ3v) is 4.13. The summed E-state index contributed by atoms with van der Waals surface area (Å²) < 4.78 is 5.81. The standard InChI is InChI=1S/C22H28N2O3/c1-5-18-10-6-7-11-19(18)23-22(26)14-15-24(17(4)25)20-12-8-9-13-21(20)27-16(2)3/h6-13,16H,5,14-15H2,1-4H3,(H,23,26). The molecule has 5 nitrogen and oxygen atoms in total. The second-order valence-corrected chi connectivity index (χ2v) is 6.61. The van der Waals surface area contributed by atoms with Crippen LogP contribution in [0.2, 0.25) is 0 Å². The van der Waals surface area contributed by atoms with Gasteiger partial charge >= 0.3 is 0 Å². The molecule has 2 aromatic rings. The van der Waals surface area contributed by atoms with Gasteiger partial charge in [0.25, 0.3) is 0 Å². The van der Waals surface area contributed by atoms with Gasteiger partial charge in [-0.15, -0.1) is 0 Å². The molecule has 0 saturated heterocycles. The van der Waals surface area contributed by atoms with Crippen molar-refractivity contribution in [3.8, 4) is 5.75 Å². The van der Waals surface area contributed by atoms with Gasteiger partial charge in [-0.2, -0.15) is 0 Å². The molecule has 144 valence electrons. The lowest BCUT2D eigenvalue weighted by atomic mass is 10.1. The summed E-state index contributed by atoms with van der Waals surface area (Å²) in [5.74, 6) is 0.389. The highest BCUT2D eigenvalue weighted by Crippen LogP contribution is 2.29. The number of benzene rings is 2. The van der Waals surface area contributed by atoms with Crippen LogP contribution < -0.4 is 15.0 Å². The first-order chi connectivity index (χ1) is 12.9. The maximum atomic E-state index is 12.4. The number of hydrogen-bond donors (Lipinski definition) is 1. The van der Waals surface area contributed by atoms with Crippen LogP contribution in [0.25, 0.3) is 0 Å². The zero-order valence-corrected chi connectivity index (χ0v) is 16.5. The van der Waals surface area contributed by atoms with Gasteiger partial charge in [-0.1, -0.05) is 37.3 Å². The number of anilines is 2. The quantitative estimate of drug-likeness (QED) is 0.750. The van der Waals surface area contributed by atoms with Gasteiger partial charge in [0.1, 0.15) is 5.75 Å². The summed E-state index contributed by atoms with van der Waals surface area (Å²) in [7, 11) is 0. The van der Waals surface area contributed by atoms with Gasteiger partial charge in [-0.25, -0.2) is 0 Å². The number of rotatable bonds is 8. The molecular formula is C22H28N2O3. The van der Waals surface area contributed by atoms with Gasteiger partial charge in [-0.05, 0) is 44.0 Å². The van der Waals surface area contributed by atoms with Crippen molar-refractivity contribution in [1.82, 2.24) is 0 Å². The number of amides is 2. The van der Waals surface area contributed by atoms with Gasteiger partial charge in [0.2, 0.25) is 11.8 Å². The highest BCUT2D eigenvalue weighted by Gasteiger charge is 2.18. The molecule has 0 atom stereocenters. The molecule has 0 aliphatic heterocycles. The first-order valence-electron chi connectivity index (χ1n) is 9.34. The lowest BCUT2D eigenvalue weighted by Crippen LogP contribution is -2.32. The molecule has 2 rings (SSSR count). The molecule has 0 heterocycles. The molecule has 2 aromatic carbocycles. The number of ether oxygens (including phenoxy) is 1. The number of carbonyl (C=O) groups is 2. The van der Waals surface area contributed by atoms with E-state index in [1.54, 1.807) is 4.90 Å². The Balaban J connectivity index is 2.09. The van der Waals surface area contributed by atoms with Crippen molar-refractivity contribution >= 4 is 23.2 Å². The molecule has 0 unspecified atom stereocenters. The van der Waals surface area contributed by atoms with Crippen molar-refractivity contribution in [2.24, 2.45) is 0 Å². The van der Waals surface area contributed by atoms with E-state index < -0.39 is 0 Å². The fraction of sp³-hybridized carbons (Fsp3) is 0.364. The maximum absolute atomic E-state index is 12.4. The van der Waals surface area contributed by atoms with Crippen LogP contribution in [0.5, 0.6) is 5.75 Å². The van der Waals surface area contributed by atoms with Crippen molar-refractivity contribution in [3.63, 3.8) is 0 Å². The van der Waals surface area contributed by atoms with Crippen LogP contribution in [0.3, 0.4) is 0 Å². The van der Waals surface area contributed by atoms with Gasteiger partial charge in [0.05, 0.1) is 11.8 Å². The van der Waals surface area contributed by atoms with Gasteiger partial charge in [0.15, 0.2) is 0 Å². The topological polar surface area (TPSA) is 58.6 Å². The Morgan fingerprint density at radius 3 is 2.41 bits per heavy atom. The third-order valence-electron chi connectivity index (χ3n) is 4.13. The average Bonchev–Trinajstić information content (AvgIpc) is 2.63. The van der Waals surface area contributed by atoms with Crippen LogP contribution in [0.1, 0.15) is 39.7 Å². The first kappa shape index (κ1) is 20.5. The Hall–Kier alpha value is -2.82. The van der Waals surface area contributed by atoms with E-state index in [1.165, 1.54) is 6.92 Å². The SMILES string of the molecule is CCc1ccccc1NC(=O)CCN(C(C)=O)c1ccccc1OC(C)C. The van der Waals surface area contributed by atoms with Crippen molar-refractivity contribution in [1.29, 1.82) is 0 Å². The molecule has 27 heavy (non-hydrogen) atoms. The minimum absolute atomic E-state index is 0.00574. The summed E-state index contributed by atoms with van der Waals surface area (Å²) >= 11 is 0. The number of para-hydroxylation sites is 3. The van der Waals surface area contributed by atoms with E-state index >= 15 is 0 Å². The molecule has 2 amide bonds. The lowest BCUT2D eigenvalue weighted by Gasteiger charge is -2.24. The predicted molar refractivity (Wildman–Crippen MR) is 109 cm³/mol. The predicted octanol–water partition coefficient (Wildman–Crippen LogP) is 4.42. The highest BCUT2D eigenvalue weighted by molar-refractivity contribution is 5.96. The largest absolute Gasteiger partial charge is 0.489 e. The van der Waals surface area contributed by atoms with E-state index in [1.807, 2.05) is 69.3 Å². The summed E-state index contributed by atoms with van der Waals surface area (Å²) in [6.45, 7) is 7.71. The highest BCUT2D eigenvalue weighted by atomic mass is 16.5. The van der Waals surface area contributed by atoms with Crippen LogP contribution in [0.4, 0.5) is 11.4 Å². The fourth-order valence-electron chi connectivity index (χ4n) is 2.86. The maximum Gasteiger partial charge on any atom is 0.226 e. The van der Waals surface area contributed by atoms with Gasteiger partial charge in [-0.3, -0.25) is 9.59 Å². The second kappa shape index (κ2) is 9.76. The monoisotopic (exact) mass is 368 g/mol. The molecule has 0 radical (unpaired) electrons. The molecule has 0 aromatic heterocycles. The number of aryl methyl sites for hydroxylation is 1. The Morgan fingerprint density at radius 1 is 1.07 bits per heavy atom. The summed E-state index contributed by atoms with van der Waals surface area (Å²) in [4.78, 5) is 26.2. The van der Waals surface area contributed by atoms with Crippen LogP contribution in [0.15, 0.2) is 48.5 Å². The summed E-state index contributed by atoms with van der Waals surface area (Å²) in [5.41, 5.74) is 2.59. The summed E-state index contributed by atoms with van der Waals surface area (Å²) in [6.07, 6.45) is 1.04. The van der Waals surface area contributed by atoms with E-state index in [0.717, 1.165) is 17.7 Å². The number of hydrogen-bond acceptors (Lipinski definition) is 3. The van der Waals surface area contributed by atoms with E-state index in [-0.39, 0.29) is 30.9 Å². The Bertz CT molecular complexity index is 787. The lowest BCUT2D eigenvalue weighted by molar-refractivity contribution is -0.117. The molecule has 0 spiro atoms. The normalized spacial score (nSPS) is 10.6. The Kier molecular flexibility index (Phi) is 7.41. The molecule has 5 heteroatoms. The number of nitrogens with zero attached hydrogens (tertiary/aromatic N) is 1. The number of carbonyl (C=O) groups excluding carboxylic acids is 2. The fourth-order valence-corrected chi connectivity index (χ4v) is 2.86. The van der Waals surface area contributed by atoms with Crippen molar-refractivity contribution < 1.29 is 14.3 Å². The molecule has 0 aliphatic carbocycles. The van der Waals surface area contributed by atoms with Crippen LogP contribution >= 0.6 is 0 Å².